The van der Waals surface area contributed by atoms with Gasteiger partial charge in [-0.1, -0.05) is 53.5 Å². The molecule has 26 heavy (non-hydrogen) atoms. The summed E-state index contributed by atoms with van der Waals surface area (Å²) in [5.41, 5.74) is 0.629. The lowest BCUT2D eigenvalue weighted by Crippen LogP contribution is -2.31. The molecule has 0 spiro atoms. The minimum Gasteiger partial charge on any atom is -0.262 e. The maximum Gasteiger partial charge on any atom is 0.264 e. The number of anilines is 1. The van der Waals surface area contributed by atoms with Gasteiger partial charge in [0.05, 0.1) is 17.1 Å². The summed E-state index contributed by atoms with van der Waals surface area (Å²) in [5, 5.41) is 0.671. The third-order valence-corrected chi connectivity index (χ3v) is 6.29. The molecule has 0 saturated heterocycles. The molecule has 0 aliphatic heterocycles. The van der Waals surface area contributed by atoms with E-state index in [2.05, 4.69) is 0 Å². The molecule has 134 valence electrons. The van der Waals surface area contributed by atoms with E-state index >= 15 is 0 Å². The van der Waals surface area contributed by atoms with Gasteiger partial charge >= 0.3 is 0 Å². The van der Waals surface area contributed by atoms with Crippen molar-refractivity contribution in [1.82, 2.24) is 0 Å². The number of rotatable bonds is 5. The number of nitrogens with zero attached hydrogens (tertiary/aromatic N) is 1. The molecule has 0 aliphatic carbocycles. The van der Waals surface area contributed by atoms with Crippen molar-refractivity contribution >= 4 is 38.9 Å². The Balaban J connectivity index is 2.14. The van der Waals surface area contributed by atoms with Crippen LogP contribution in [0.15, 0.2) is 77.7 Å². The van der Waals surface area contributed by atoms with E-state index in [-0.39, 0.29) is 17.1 Å². The summed E-state index contributed by atoms with van der Waals surface area (Å²) < 4.78 is 41.2. The number of benzene rings is 3. The Morgan fingerprint density at radius 3 is 2.08 bits per heavy atom. The Morgan fingerprint density at radius 1 is 0.846 bits per heavy atom. The Morgan fingerprint density at radius 2 is 1.46 bits per heavy atom. The van der Waals surface area contributed by atoms with Gasteiger partial charge < -0.3 is 0 Å². The van der Waals surface area contributed by atoms with Gasteiger partial charge in [-0.3, -0.25) is 4.31 Å². The average molecular weight is 410 g/mol. The molecule has 0 aromatic heterocycles. The first-order valence-corrected chi connectivity index (χ1v) is 9.85. The standard InChI is InChI=1S/C19H14Cl2FNO2S/c20-18-10-5-11-19(21)17(18)13-23(15-7-4-6-14(22)12-15)26(24,25)16-8-2-1-3-9-16/h1-12H,13H2. The zero-order chi connectivity index (χ0) is 18.7. The lowest BCUT2D eigenvalue weighted by Gasteiger charge is -2.25. The highest BCUT2D eigenvalue weighted by Gasteiger charge is 2.26. The highest BCUT2D eigenvalue weighted by atomic mass is 35.5. The second-order valence-electron chi connectivity index (χ2n) is 5.50. The van der Waals surface area contributed by atoms with Gasteiger partial charge in [-0.25, -0.2) is 12.8 Å². The van der Waals surface area contributed by atoms with Crippen LogP contribution < -0.4 is 4.31 Å². The van der Waals surface area contributed by atoms with Crippen LogP contribution in [-0.4, -0.2) is 8.42 Å². The van der Waals surface area contributed by atoms with E-state index in [0.29, 0.717) is 15.6 Å². The maximum atomic E-state index is 13.7. The van der Waals surface area contributed by atoms with Gasteiger partial charge in [-0.05, 0) is 42.5 Å². The highest BCUT2D eigenvalue weighted by Crippen LogP contribution is 2.31. The van der Waals surface area contributed by atoms with Crippen molar-refractivity contribution in [2.45, 2.75) is 11.4 Å². The normalized spacial score (nSPS) is 11.3. The van der Waals surface area contributed by atoms with Crippen LogP contribution in [0.3, 0.4) is 0 Å². The predicted octanol–water partition coefficient (Wildman–Crippen LogP) is 5.53. The van der Waals surface area contributed by atoms with Crippen molar-refractivity contribution < 1.29 is 12.8 Å². The molecule has 0 amide bonds. The Kier molecular flexibility index (Phi) is 5.51. The molecule has 0 fully saturated rings. The lowest BCUT2D eigenvalue weighted by molar-refractivity contribution is 0.590. The van der Waals surface area contributed by atoms with Crippen LogP contribution in [0.2, 0.25) is 10.0 Å². The number of hydrogen-bond acceptors (Lipinski definition) is 2. The Hall–Kier alpha value is -2.08. The second-order valence-corrected chi connectivity index (χ2v) is 8.18. The third kappa shape index (κ3) is 3.85. The van der Waals surface area contributed by atoms with Crippen LogP contribution in [0.5, 0.6) is 0 Å². The first-order valence-electron chi connectivity index (χ1n) is 7.66. The van der Waals surface area contributed by atoms with E-state index in [9.17, 15) is 12.8 Å². The molecule has 0 bridgehead atoms. The van der Waals surface area contributed by atoms with E-state index in [1.54, 1.807) is 36.4 Å². The molecule has 3 rings (SSSR count). The van der Waals surface area contributed by atoms with Gasteiger partial charge in [0.1, 0.15) is 5.82 Å². The molecule has 0 atom stereocenters. The van der Waals surface area contributed by atoms with E-state index < -0.39 is 15.8 Å². The molecule has 0 N–H and O–H groups in total. The van der Waals surface area contributed by atoms with Crippen LogP contribution in [-0.2, 0) is 16.6 Å². The van der Waals surface area contributed by atoms with Crippen LogP contribution in [0.25, 0.3) is 0 Å². The smallest absolute Gasteiger partial charge is 0.262 e. The fraction of sp³-hybridized carbons (Fsp3) is 0.0526. The molecule has 0 unspecified atom stereocenters. The summed E-state index contributed by atoms with van der Waals surface area (Å²) in [4.78, 5) is 0.0902. The summed E-state index contributed by atoms with van der Waals surface area (Å²) in [6.45, 7) is -0.126. The van der Waals surface area contributed by atoms with E-state index in [4.69, 9.17) is 23.2 Å². The van der Waals surface area contributed by atoms with Gasteiger partial charge in [0.25, 0.3) is 10.0 Å². The van der Waals surface area contributed by atoms with Gasteiger partial charge in [0.2, 0.25) is 0 Å². The lowest BCUT2D eigenvalue weighted by atomic mass is 10.2. The Labute approximate surface area is 161 Å². The minimum absolute atomic E-state index is 0.0902. The zero-order valence-corrected chi connectivity index (χ0v) is 15.8. The van der Waals surface area contributed by atoms with Crippen molar-refractivity contribution in [2.75, 3.05) is 4.31 Å². The first-order chi connectivity index (χ1) is 12.4. The molecular formula is C19H14Cl2FNO2S. The van der Waals surface area contributed by atoms with Gasteiger partial charge in [0, 0.05) is 15.6 Å². The van der Waals surface area contributed by atoms with Crippen molar-refractivity contribution in [2.24, 2.45) is 0 Å². The van der Waals surface area contributed by atoms with Gasteiger partial charge in [0.15, 0.2) is 0 Å². The van der Waals surface area contributed by atoms with Crippen molar-refractivity contribution in [1.29, 1.82) is 0 Å². The number of halogens is 3. The predicted molar refractivity (Wildman–Crippen MR) is 103 cm³/mol. The summed E-state index contributed by atoms with van der Waals surface area (Å²) in [6.07, 6.45) is 0. The van der Waals surface area contributed by atoms with Crippen molar-refractivity contribution in [3.8, 4) is 0 Å². The van der Waals surface area contributed by atoms with E-state index in [1.807, 2.05) is 0 Å². The average Bonchev–Trinajstić information content (AvgIpc) is 2.62. The fourth-order valence-corrected chi connectivity index (χ4v) is 4.46. The molecule has 0 aliphatic rings. The molecular weight excluding hydrogens is 396 g/mol. The zero-order valence-electron chi connectivity index (χ0n) is 13.4. The molecule has 3 aromatic carbocycles. The molecule has 0 radical (unpaired) electrons. The second kappa shape index (κ2) is 7.66. The molecule has 3 nitrogen and oxygen atoms in total. The maximum absolute atomic E-state index is 13.7. The third-order valence-electron chi connectivity index (χ3n) is 3.79. The van der Waals surface area contributed by atoms with Crippen LogP contribution >= 0.6 is 23.2 Å². The largest absolute Gasteiger partial charge is 0.264 e. The fourth-order valence-electron chi connectivity index (χ4n) is 2.49. The molecule has 0 saturated carbocycles. The van der Waals surface area contributed by atoms with Crippen LogP contribution in [0.4, 0.5) is 10.1 Å². The van der Waals surface area contributed by atoms with Crippen LogP contribution in [0.1, 0.15) is 5.56 Å². The monoisotopic (exact) mass is 409 g/mol. The van der Waals surface area contributed by atoms with Gasteiger partial charge in [-0.15, -0.1) is 0 Å². The SMILES string of the molecule is O=S(=O)(c1ccccc1)N(Cc1c(Cl)cccc1Cl)c1cccc(F)c1. The summed E-state index contributed by atoms with van der Waals surface area (Å²) in [6, 6.07) is 18.2. The first kappa shape index (κ1) is 18.7. The molecule has 0 heterocycles. The van der Waals surface area contributed by atoms with Crippen molar-refractivity contribution in [3.63, 3.8) is 0 Å². The Bertz CT molecular complexity index is 1010. The highest BCUT2D eigenvalue weighted by molar-refractivity contribution is 7.92. The van der Waals surface area contributed by atoms with E-state index in [0.717, 1.165) is 10.4 Å². The van der Waals surface area contributed by atoms with Gasteiger partial charge in [-0.2, -0.15) is 0 Å². The van der Waals surface area contributed by atoms with Crippen LogP contribution in [0, 0.1) is 5.82 Å². The summed E-state index contributed by atoms with van der Waals surface area (Å²) >= 11 is 12.4. The quantitative estimate of drug-likeness (QED) is 0.555. The number of sulfonamides is 1. The molecule has 7 heteroatoms. The van der Waals surface area contributed by atoms with E-state index in [1.165, 1.54) is 30.3 Å². The minimum atomic E-state index is -3.95. The van der Waals surface area contributed by atoms with Crippen molar-refractivity contribution in [3.05, 3.63) is 94.2 Å². The molecule has 3 aromatic rings. The topological polar surface area (TPSA) is 37.4 Å². The summed E-state index contributed by atoms with van der Waals surface area (Å²) in [7, 11) is -3.95. The summed E-state index contributed by atoms with van der Waals surface area (Å²) in [5.74, 6) is -0.541. The number of hydrogen-bond donors (Lipinski definition) is 0.